The average molecular weight is 443 g/mol. The predicted octanol–water partition coefficient (Wildman–Crippen LogP) is 5.39. The van der Waals surface area contributed by atoms with Crippen molar-refractivity contribution in [3.63, 3.8) is 0 Å². The molecule has 0 saturated carbocycles. The Morgan fingerprint density at radius 2 is 2.03 bits per heavy atom. The number of esters is 1. The summed E-state index contributed by atoms with van der Waals surface area (Å²) < 4.78 is 5.37. The molecule has 0 saturated heterocycles. The van der Waals surface area contributed by atoms with Crippen molar-refractivity contribution in [2.75, 3.05) is 0 Å². The number of hydrogen-bond donors (Lipinski definition) is 1. The summed E-state index contributed by atoms with van der Waals surface area (Å²) in [6, 6.07) is 10.9. The highest BCUT2D eigenvalue weighted by molar-refractivity contribution is 5.94. The zero-order valence-electron chi connectivity index (χ0n) is 19.6. The molecule has 2 aliphatic rings. The molecule has 1 N–H and O–H groups in total. The monoisotopic (exact) mass is 442 g/mol. The molecule has 0 amide bonds. The predicted molar refractivity (Wildman–Crippen MR) is 133 cm³/mol. The molecule has 5 heteroatoms. The van der Waals surface area contributed by atoms with Gasteiger partial charge in [-0.1, -0.05) is 42.0 Å². The molecule has 2 bridgehead atoms. The normalized spacial score (nSPS) is 23.2. The molecule has 2 aromatic rings. The number of pyridine rings is 1. The second-order valence-corrected chi connectivity index (χ2v) is 9.00. The molecule has 4 rings (SSSR count). The molecule has 170 valence electrons. The number of nitrogens with zero attached hydrogens (tertiary/aromatic N) is 1. The largest absolute Gasteiger partial charge is 0.459 e. The lowest BCUT2D eigenvalue weighted by Gasteiger charge is -2.45. The van der Waals surface area contributed by atoms with Crippen molar-refractivity contribution < 1.29 is 9.53 Å². The van der Waals surface area contributed by atoms with Gasteiger partial charge >= 0.3 is 5.97 Å². The number of allylic oxidation sites excluding steroid dienone is 3. The third-order valence-corrected chi connectivity index (χ3v) is 6.26. The van der Waals surface area contributed by atoms with Gasteiger partial charge in [0.25, 0.3) is 0 Å². The van der Waals surface area contributed by atoms with Crippen molar-refractivity contribution in [3.05, 3.63) is 98.5 Å². The van der Waals surface area contributed by atoms with E-state index in [1.807, 2.05) is 56.5 Å². The maximum absolute atomic E-state index is 12.4. The van der Waals surface area contributed by atoms with Gasteiger partial charge in [-0.15, -0.1) is 0 Å². The lowest BCUT2D eigenvalue weighted by molar-refractivity contribution is 0.0377. The highest BCUT2D eigenvalue weighted by Gasteiger charge is 2.46. The number of rotatable bonds is 5. The van der Waals surface area contributed by atoms with Gasteiger partial charge in [-0.2, -0.15) is 0 Å². The number of H-pyrrole nitrogens is 1. The fourth-order valence-electron chi connectivity index (χ4n) is 5.08. The minimum absolute atomic E-state index is 0.0830. The standard InChI is InChI=1S/C28H30N2O3/c1-5-23-21-15-19(4)17-28(23,24-12-13-26(31)30-25(24)16-21)29-14-8-10-20-9-6-7-11-22(20)27(32)33-18(2)3/h5-15,18,21H,16-17H2,1-4H3,(H,30,31)/b10-8+,23-5+,29-14+. The van der Waals surface area contributed by atoms with Crippen LogP contribution >= 0.6 is 0 Å². The first-order valence-electron chi connectivity index (χ1n) is 11.4. The topological polar surface area (TPSA) is 71.5 Å². The molecule has 0 radical (unpaired) electrons. The third kappa shape index (κ3) is 4.40. The van der Waals surface area contributed by atoms with E-state index >= 15 is 0 Å². The molecule has 0 spiro atoms. The molecular formula is C28H30N2O3. The van der Waals surface area contributed by atoms with Crippen molar-refractivity contribution >= 4 is 18.3 Å². The van der Waals surface area contributed by atoms with E-state index < -0.39 is 5.54 Å². The molecule has 2 aliphatic carbocycles. The van der Waals surface area contributed by atoms with Crippen molar-refractivity contribution in [3.8, 4) is 0 Å². The van der Waals surface area contributed by atoms with Gasteiger partial charge in [-0.05, 0) is 63.5 Å². The van der Waals surface area contributed by atoms with Crippen LogP contribution in [0.2, 0.25) is 0 Å². The zero-order chi connectivity index (χ0) is 23.6. The van der Waals surface area contributed by atoms with Crippen LogP contribution in [-0.4, -0.2) is 23.3 Å². The van der Waals surface area contributed by atoms with Crippen molar-refractivity contribution in [1.82, 2.24) is 4.98 Å². The zero-order valence-corrected chi connectivity index (χ0v) is 19.6. The molecule has 2 atom stereocenters. The first kappa shape index (κ1) is 22.7. The summed E-state index contributed by atoms with van der Waals surface area (Å²) in [7, 11) is 0. The summed E-state index contributed by atoms with van der Waals surface area (Å²) in [5.41, 5.74) is 5.28. The van der Waals surface area contributed by atoms with Gasteiger partial charge in [-0.25, -0.2) is 4.79 Å². The van der Waals surface area contributed by atoms with Crippen LogP contribution in [0, 0.1) is 5.92 Å². The SMILES string of the molecule is C/C=C1\C2C=C(C)CC1(/N=C/C=C/c1ccccc1C(=O)OC(C)C)c1ccc(=O)[nH]c1C2. The lowest BCUT2D eigenvalue weighted by Crippen LogP contribution is -2.40. The number of aromatic nitrogens is 1. The van der Waals surface area contributed by atoms with E-state index in [0.29, 0.717) is 5.56 Å². The Bertz CT molecular complexity index is 1250. The van der Waals surface area contributed by atoms with Crippen LogP contribution in [-0.2, 0) is 16.7 Å². The number of aromatic amines is 1. The molecule has 1 aromatic heterocycles. The van der Waals surface area contributed by atoms with Crippen LogP contribution in [0.4, 0.5) is 0 Å². The summed E-state index contributed by atoms with van der Waals surface area (Å²) in [4.78, 5) is 32.6. The number of benzene rings is 1. The van der Waals surface area contributed by atoms with E-state index in [-0.39, 0.29) is 23.6 Å². The summed E-state index contributed by atoms with van der Waals surface area (Å²) in [6.45, 7) is 7.88. The fraction of sp³-hybridized carbons (Fsp3) is 0.321. The van der Waals surface area contributed by atoms with E-state index in [1.54, 1.807) is 12.1 Å². The van der Waals surface area contributed by atoms with Crippen molar-refractivity contribution in [2.45, 2.75) is 52.2 Å². The van der Waals surface area contributed by atoms with Crippen LogP contribution < -0.4 is 5.56 Å². The highest BCUT2D eigenvalue weighted by atomic mass is 16.5. The average Bonchev–Trinajstić information content (AvgIpc) is 2.76. The Morgan fingerprint density at radius 3 is 2.79 bits per heavy atom. The highest BCUT2D eigenvalue weighted by Crippen LogP contribution is 2.51. The van der Waals surface area contributed by atoms with Crippen molar-refractivity contribution in [2.24, 2.45) is 10.9 Å². The van der Waals surface area contributed by atoms with Gasteiger partial charge < -0.3 is 9.72 Å². The Kier molecular flexibility index (Phi) is 6.32. The maximum atomic E-state index is 12.4. The van der Waals surface area contributed by atoms with Gasteiger partial charge in [0, 0.05) is 35.9 Å². The number of carbonyl (C=O) groups is 1. The van der Waals surface area contributed by atoms with E-state index in [0.717, 1.165) is 29.7 Å². The second kappa shape index (κ2) is 9.18. The Hall–Kier alpha value is -3.47. The number of ether oxygens (including phenoxy) is 1. The molecule has 1 heterocycles. The summed E-state index contributed by atoms with van der Waals surface area (Å²) in [6.07, 6.45) is 11.4. The summed E-state index contributed by atoms with van der Waals surface area (Å²) >= 11 is 0. The maximum Gasteiger partial charge on any atom is 0.338 e. The van der Waals surface area contributed by atoms with Gasteiger partial charge in [0.05, 0.1) is 11.7 Å². The number of hydrogen-bond acceptors (Lipinski definition) is 4. The molecular weight excluding hydrogens is 412 g/mol. The van der Waals surface area contributed by atoms with Gasteiger partial charge in [0.2, 0.25) is 5.56 Å². The number of carbonyl (C=O) groups excluding carboxylic acids is 1. The molecule has 0 fully saturated rings. The smallest absolute Gasteiger partial charge is 0.338 e. The van der Waals surface area contributed by atoms with Gasteiger partial charge in [-0.3, -0.25) is 9.79 Å². The summed E-state index contributed by atoms with van der Waals surface area (Å²) in [5, 5.41) is 0. The third-order valence-electron chi connectivity index (χ3n) is 6.26. The van der Waals surface area contributed by atoms with Crippen molar-refractivity contribution in [1.29, 1.82) is 0 Å². The Balaban J connectivity index is 1.71. The van der Waals surface area contributed by atoms with E-state index in [2.05, 4.69) is 31.0 Å². The van der Waals surface area contributed by atoms with Crippen LogP contribution in [0.25, 0.3) is 6.08 Å². The number of fused-ring (bicyclic) bond motifs is 4. The molecule has 0 aliphatic heterocycles. The summed E-state index contributed by atoms with van der Waals surface area (Å²) in [5.74, 6) is -0.111. The van der Waals surface area contributed by atoms with Crippen LogP contribution in [0.5, 0.6) is 0 Å². The van der Waals surface area contributed by atoms with E-state index in [4.69, 9.17) is 9.73 Å². The van der Waals surface area contributed by atoms with Crippen LogP contribution in [0.1, 0.15) is 61.3 Å². The Morgan fingerprint density at radius 1 is 1.24 bits per heavy atom. The minimum Gasteiger partial charge on any atom is -0.459 e. The first-order valence-corrected chi connectivity index (χ1v) is 11.4. The minimum atomic E-state index is -0.531. The number of aliphatic imine (C=N–C) groups is 1. The molecule has 2 unspecified atom stereocenters. The number of nitrogens with one attached hydrogen (secondary N) is 1. The van der Waals surface area contributed by atoms with E-state index in [9.17, 15) is 9.59 Å². The fourth-order valence-corrected chi connectivity index (χ4v) is 5.08. The van der Waals surface area contributed by atoms with Crippen LogP contribution in [0.3, 0.4) is 0 Å². The van der Waals surface area contributed by atoms with Gasteiger partial charge in [0.1, 0.15) is 5.54 Å². The molecule has 5 nitrogen and oxygen atoms in total. The van der Waals surface area contributed by atoms with Gasteiger partial charge in [0.15, 0.2) is 0 Å². The quantitative estimate of drug-likeness (QED) is 0.383. The second-order valence-electron chi connectivity index (χ2n) is 9.00. The van der Waals surface area contributed by atoms with E-state index in [1.165, 1.54) is 11.1 Å². The molecule has 33 heavy (non-hydrogen) atoms. The first-order chi connectivity index (χ1) is 15.8. The molecule has 1 aromatic carbocycles. The Labute approximate surface area is 194 Å². The lowest BCUT2D eigenvalue weighted by atomic mass is 9.63. The van der Waals surface area contributed by atoms with Crippen LogP contribution in [0.15, 0.2) is 75.6 Å².